The first-order valence-corrected chi connectivity index (χ1v) is 13.9. The van der Waals surface area contributed by atoms with Crippen LogP contribution in [0.4, 0.5) is 0 Å². The van der Waals surface area contributed by atoms with Crippen molar-refractivity contribution in [1.82, 2.24) is 5.06 Å². The minimum Gasteiger partial charge on any atom is -0.377 e. The summed E-state index contributed by atoms with van der Waals surface area (Å²) in [6.07, 6.45) is 0. The number of hydrogen-bond acceptors (Lipinski definition) is 14. The van der Waals surface area contributed by atoms with Gasteiger partial charge in [0.15, 0.2) is 6.04 Å². The van der Waals surface area contributed by atoms with Crippen molar-refractivity contribution in [3.05, 3.63) is 4.91 Å². The summed E-state index contributed by atoms with van der Waals surface area (Å²) in [5.74, 6) is -2.02. The average molecular weight is 584 g/mol. The zero-order chi connectivity index (χ0) is 28.5. The number of hydroxylamine groups is 2. The molecule has 2 amide bonds. The number of ether oxygens (including phenoxy) is 3. The molecule has 0 spiro atoms. The van der Waals surface area contributed by atoms with E-state index >= 15 is 0 Å². The van der Waals surface area contributed by atoms with E-state index in [4.69, 9.17) is 29.4 Å². The molecule has 4 unspecified atom stereocenters. The van der Waals surface area contributed by atoms with Crippen LogP contribution < -0.4 is 5.73 Å². The van der Waals surface area contributed by atoms with Crippen molar-refractivity contribution < 1.29 is 70.8 Å². The number of carbonyl (C=O) groups is 2. The SMILES string of the molecule is COP(=O)(O)OCCOCCOCCOP(=O)(O)OCCOCC[N+](=O)C(=O)C(C)N(O)C(=O)C(C)N. The molecule has 0 aliphatic heterocycles. The van der Waals surface area contributed by atoms with E-state index < -0.39 is 46.1 Å². The van der Waals surface area contributed by atoms with Crippen molar-refractivity contribution in [2.45, 2.75) is 25.9 Å². The van der Waals surface area contributed by atoms with Crippen LogP contribution in [0, 0.1) is 4.91 Å². The van der Waals surface area contributed by atoms with Gasteiger partial charge in [0.2, 0.25) is 6.54 Å². The number of nitroso groups, excluding NO2 is 1. The van der Waals surface area contributed by atoms with Gasteiger partial charge in [0.1, 0.15) is 6.61 Å². The summed E-state index contributed by atoms with van der Waals surface area (Å²) in [5, 5.41) is 9.73. The Kier molecular flexibility index (Phi) is 18.3. The minimum atomic E-state index is -4.38. The highest BCUT2D eigenvalue weighted by molar-refractivity contribution is 7.47. The summed E-state index contributed by atoms with van der Waals surface area (Å²) in [6, 6.07) is -2.51. The van der Waals surface area contributed by atoms with Crippen LogP contribution in [0.1, 0.15) is 13.8 Å². The summed E-state index contributed by atoms with van der Waals surface area (Å²) >= 11 is 0. The maximum atomic E-state index is 11.9. The van der Waals surface area contributed by atoms with Crippen LogP contribution in [0.5, 0.6) is 0 Å². The van der Waals surface area contributed by atoms with Gasteiger partial charge < -0.3 is 29.7 Å². The van der Waals surface area contributed by atoms with Crippen LogP contribution in [-0.2, 0) is 51.0 Å². The molecule has 0 saturated carbocycles. The second-order valence-electron chi connectivity index (χ2n) is 7.04. The molecule has 218 valence electrons. The Labute approximate surface area is 213 Å². The first-order chi connectivity index (χ1) is 17.2. The van der Waals surface area contributed by atoms with Crippen molar-refractivity contribution in [3.8, 4) is 0 Å². The highest BCUT2D eigenvalue weighted by Gasteiger charge is 2.36. The number of amides is 2. The molecule has 37 heavy (non-hydrogen) atoms. The van der Waals surface area contributed by atoms with Crippen LogP contribution in [0.2, 0.25) is 0 Å². The molecule has 0 radical (unpaired) electrons. The van der Waals surface area contributed by atoms with E-state index in [9.17, 15) is 33.7 Å². The summed E-state index contributed by atoms with van der Waals surface area (Å²) < 4.78 is 56.1. The third-order valence-corrected chi connectivity index (χ3v) is 6.06. The van der Waals surface area contributed by atoms with Gasteiger partial charge in [0.05, 0.1) is 63.7 Å². The maximum Gasteiger partial charge on any atom is 0.472 e. The van der Waals surface area contributed by atoms with Crippen LogP contribution in [-0.4, -0.2) is 122 Å². The molecule has 0 bridgehead atoms. The first kappa shape index (κ1) is 35.8. The van der Waals surface area contributed by atoms with Crippen LogP contribution in [0.15, 0.2) is 0 Å². The zero-order valence-corrected chi connectivity index (χ0v) is 22.6. The number of rotatable bonds is 22. The number of carbonyl (C=O) groups excluding carboxylic acids is 2. The fraction of sp³-hybridized carbons (Fsp3) is 0.882. The smallest absolute Gasteiger partial charge is 0.377 e. The molecule has 5 N–H and O–H groups in total. The van der Waals surface area contributed by atoms with Gasteiger partial charge in [-0.05, 0) is 13.8 Å². The van der Waals surface area contributed by atoms with Crippen LogP contribution >= 0.6 is 15.6 Å². The highest BCUT2D eigenvalue weighted by atomic mass is 31.2. The minimum absolute atomic E-state index is 0.00321. The molecule has 18 nitrogen and oxygen atoms in total. The summed E-state index contributed by atoms with van der Waals surface area (Å²) in [4.78, 5) is 53.9. The molecule has 0 fully saturated rings. The Morgan fingerprint density at radius 1 is 0.838 bits per heavy atom. The van der Waals surface area contributed by atoms with Crippen LogP contribution in [0.25, 0.3) is 0 Å². The fourth-order valence-corrected chi connectivity index (χ4v) is 3.21. The molecule has 0 heterocycles. The quantitative estimate of drug-likeness (QED) is 0.0400. The van der Waals surface area contributed by atoms with Gasteiger partial charge >= 0.3 is 21.6 Å². The zero-order valence-electron chi connectivity index (χ0n) is 20.8. The van der Waals surface area contributed by atoms with E-state index in [0.29, 0.717) is 0 Å². The second kappa shape index (κ2) is 18.9. The summed E-state index contributed by atoms with van der Waals surface area (Å²) in [6.45, 7) is 1.02. The highest BCUT2D eigenvalue weighted by Crippen LogP contribution is 2.42. The lowest BCUT2D eigenvalue weighted by molar-refractivity contribution is -0.477. The molecule has 0 aliphatic rings. The number of nitrogens with two attached hydrogens (primary N) is 1. The van der Waals surface area contributed by atoms with E-state index in [1.54, 1.807) is 0 Å². The molecule has 0 aromatic rings. The standard InChI is InChI=1S/C17H35N3O15P2/c1-14(18)16(21)20(24)15(2)17(22)19(23)4-5-30-8-12-34-37(27,28)35-13-10-32-7-6-31-9-11-33-36(25,26)29-3/h14-15,24H,4-13,18H2,1-3H3,(H-,25,26,27,28)/p+1. The van der Waals surface area contributed by atoms with E-state index in [2.05, 4.69) is 13.6 Å². The molecule has 0 aliphatic carbocycles. The largest absolute Gasteiger partial charge is 0.472 e. The molecular weight excluding hydrogens is 548 g/mol. The number of nitrogens with zero attached hydrogens (tertiary/aromatic N) is 2. The lowest BCUT2D eigenvalue weighted by Gasteiger charge is -2.19. The van der Waals surface area contributed by atoms with Gasteiger partial charge in [0.25, 0.3) is 5.91 Å². The van der Waals surface area contributed by atoms with Gasteiger partial charge in [-0.15, -0.1) is 0 Å². The topological polar surface area (TPSA) is 243 Å². The number of phosphoric ester groups is 2. The normalized spacial score (nSPS) is 16.4. The Morgan fingerprint density at radius 3 is 1.68 bits per heavy atom. The van der Waals surface area contributed by atoms with Gasteiger partial charge in [0, 0.05) is 12.0 Å². The predicted molar refractivity (Wildman–Crippen MR) is 122 cm³/mol. The summed E-state index contributed by atoms with van der Waals surface area (Å²) in [7, 11) is -7.39. The van der Waals surface area contributed by atoms with Crippen molar-refractivity contribution in [1.29, 1.82) is 0 Å². The van der Waals surface area contributed by atoms with Gasteiger partial charge in [-0.25, -0.2) is 19.0 Å². The molecule has 0 aromatic heterocycles. The van der Waals surface area contributed by atoms with Crippen molar-refractivity contribution in [3.63, 3.8) is 0 Å². The molecule has 20 heteroatoms. The lowest BCUT2D eigenvalue weighted by atomic mass is 10.2. The molecular formula is C17H36N3O15P2+. The third kappa shape index (κ3) is 17.1. The molecule has 4 atom stereocenters. The van der Waals surface area contributed by atoms with E-state index in [1.165, 1.54) is 6.92 Å². The molecule has 0 saturated heterocycles. The fourth-order valence-electron chi connectivity index (χ4n) is 2.12. The van der Waals surface area contributed by atoms with E-state index in [0.717, 1.165) is 14.0 Å². The molecule has 0 rings (SSSR count). The maximum absolute atomic E-state index is 11.9. The van der Waals surface area contributed by atoms with E-state index in [1.807, 2.05) is 0 Å². The van der Waals surface area contributed by atoms with Crippen molar-refractivity contribution in [2.24, 2.45) is 5.73 Å². The Balaban J connectivity index is 3.84. The Morgan fingerprint density at radius 2 is 1.24 bits per heavy atom. The lowest BCUT2D eigenvalue weighted by Crippen LogP contribution is -2.49. The van der Waals surface area contributed by atoms with Gasteiger partial charge in [-0.1, -0.05) is 0 Å². The second-order valence-corrected chi connectivity index (χ2v) is 10.1. The molecule has 0 aromatic carbocycles. The third-order valence-electron chi connectivity index (χ3n) is 4.07. The monoisotopic (exact) mass is 584 g/mol. The Bertz CT molecular complexity index is 800. The average Bonchev–Trinajstić information content (AvgIpc) is 2.84. The number of hydrogen-bond donors (Lipinski definition) is 4. The first-order valence-electron chi connectivity index (χ1n) is 10.9. The van der Waals surface area contributed by atoms with E-state index in [-0.39, 0.29) is 69.3 Å². The predicted octanol–water partition coefficient (Wildman–Crippen LogP) is -0.808. The Hall–Kier alpha value is -1.24. The van der Waals surface area contributed by atoms with Crippen LogP contribution in [0.3, 0.4) is 0 Å². The van der Waals surface area contributed by atoms with Gasteiger partial charge in [-0.3, -0.25) is 28.1 Å². The van der Waals surface area contributed by atoms with Crippen molar-refractivity contribution in [2.75, 3.05) is 73.1 Å². The van der Waals surface area contributed by atoms with Crippen molar-refractivity contribution >= 4 is 27.5 Å². The summed E-state index contributed by atoms with van der Waals surface area (Å²) in [5.41, 5.74) is 5.32. The number of phosphoric acid groups is 2. The van der Waals surface area contributed by atoms with Gasteiger partial charge in [-0.2, -0.15) is 0 Å².